The molecule has 1 aliphatic rings. The molecule has 124 valence electrons. The predicted molar refractivity (Wildman–Crippen MR) is 92.7 cm³/mol. The zero-order valence-electron chi connectivity index (χ0n) is 14.7. The van der Waals surface area contributed by atoms with Gasteiger partial charge in [0.1, 0.15) is 0 Å². The molecular weight excluding hydrogens is 288 g/mol. The summed E-state index contributed by atoms with van der Waals surface area (Å²) in [7, 11) is 4.17. The molecule has 2 heterocycles. The maximum absolute atomic E-state index is 12.8. The second kappa shape index (κ2) is 5.96. The fraction of sp³-hybridized carbons (Fsp3) is 0.556. The first-order valence-electron chi connectivity index (χ1n) is 8.30. The Morgan fingerprint density at radius 3 is 2.65 bits per heavy atom. The van der Waals surface area contributed by atoms with Crippen LogP contribution in [0, 0.1) is 5.92 Å². The predicted octanol–water partition coefficient (Wildman–Crippen LogP) is 2.64. The highest BCUT2D eigenvalue weighted by Gasteiger charge is 2.34. The molecular formula is C18H26N4O. The molecule has 3 rings (SSSR count). The third-order valence-corrected chi connectivity index (χ3v) is 4.90. The molecule has 0 bridgehead atoms. The molecule has 0 spiro atoms. The average molecular weight is 314 g/mol. The van der Waals surface area contributed by atoms with Gasteiger partial charge in [-0.25, -0.2) is 4.98 Å². The second-order valence-electron chi connectivity index (χ2n) is 7.17. The van der Waals surface area contributed by atoms with Gasteiger partial charge in [-0.15, -0.1) is 0 Å². The average Bonchev–Trinajstić information content (AvgIpc) is 3.09. The van der Waals surface area contributed by atoms with Gasteiger partial charge in [0.15, 0.2) is 0 Å². The van der Waals surface area contributed by atoms with E-state index >= 15 is 0 Å². The number of fused-ring (bicyclic) bond motifs is 1. The first-order chi connectivity index (χ1) is 10.9. The molecule has 2 aromatic rings. The number of imidazole rings is 1. The number of rotatable bonds is 3. The number of carbonyl (C=O) groups excluding carboxylic acids is 1. The van der Waals surface area contributed by atoms with Crippen molar-refractivity contribution >= 4 is 16.9 Å². The first kappa shape index (κ1) is 16.0. The van der Waals surface area contributed by atoms with Crippen molar-refractivity contribution in [2.45, 2.75) is 32.9 Å². The second-order valence-corrected chi connectivity index (χ2v) is 7.17. The number of likely N-dealkylation sites (N-methyl/N-ethyl adjacent to an activating group) is 1. The minimum absolute atomic E-state index is 0.113. The fourth-order valence-electron chi connectivity index (χ4n) is 3.55. The zero-order valence-corrected chi connectivity index (χ0v) is 14.7. The molecule has 1 aliphatic heterocycles. The summed E-state index contributed by atoms with van der Waals surface area (Å²) in [6.07, 6.45) is 1.85. The summed E-state index contributed by atoms with van der Waals surface area (Å²) in [5.74, 6) is 0.611. The van der Waals surface area contributed by atoms with Crippen LogP contribution in [0.2, 0.25) is 0 Å². The van der Waals surface area contributed by atoms with E-state index in [0.29, 0.717) is 18.0 Å². The molecule has 5 heteroatoms. The van der Waals surface area contributed by atoms with Gasteiger partial charge in [0.05, 0.1) is 17.4 Å². The van der Waals surface area contributed by atoms with E-state index in [1.165, 1.54) is 0 Å². The van der Waals surface area contributed by atoms with Crippen molar-refractivity contribution in [2.75, 3.05) is 27.2 Å². The van der Waals surface area contributed by atoms with Crippen LogP contribution in [0.25, 0.3) is 11.0 Å². The largest absolute Gasteiger partial charge is 0.337 e. The Labute approximate surface area is 137 Å². The van der Waals surface area contributed by atoms with E-state index in [0.717, 1.165) is 29.7 Å². The number of hydrogen-bond donors (Lipinski definition) is 0. The van der Waals surface area contributed by atoms with E-state index in [9.17, 15) is 4.79 Å². The van der Waals surface area contributed by atoms with Crippen LogP contribution in [0.5, 0.6) is 0 Å². The highest BCUT2D eigenvalue weighted by Crippen LogP contribution is 2.24. The van der Waals surface area contributed by atoms with E-state index in [-0.39, 0.29) is 5.91 Å². The number of amides is 1. The van der Waals surface area contributed by atoms with Gasteiger partial charge in [-0.1, -0.05) is 6.92 Å². The third-order valence-electron chi connectivity index (χ3n) is 4.90. The Hall–Kier alpha value is -1.88. The van der Waals surface area contributed by atoms with Gasteiger partial charge in [0.2, 0.25) is 0 Å². The minimum Gasteiger partial charge on any atom is -0.337 e. The van der Waals surface area contributed by atoms with E-state index in [1.807, 2.05) is 29.4 Å². The number of likely N-dealkylation sites (tertiary alicyclic amines) is 1. The van der Waals surface area contributed by atoms with Crippen LogP contribution >= 0.6 is 0 Å². The number of carbonyl (C=O) groups is 1. The highest BCUT2D eigenvalue weighted by molar-refractivity contribution is 5.97. The van der Waals surface area contributed by atoms with Gasteiger partial charge in [-0.05, 0) is 52.1 Å². The molecule has 1 fully saturated rings. The van der Waals surface area contributed by atoms with Gasteiger partial charge < -0.3 is 14.4 Å². The first-order valence-corrected chi connectivity index (χ1v) is 8.30. The zero-order chi connectivity index (χ0) is 16.7. The van der Waals surface area contributed by atoms with Gasteiger partial charge in [0, 0.05) is 30.7 Å². The van der Waals surface area contributed by atoms with Crippen LogP contribution in [0.3, 0.4) is 0 Å². The maximum atomic E-state index is 12.8. The number of benzene rings is 1. The van der Waals surface area contributed by atoms with Crippen LogP contribution in [-0.2, 0) is 0 Å². The van der Waals surface area contributed by atoms with Gasteiger partial charge in [-0.2, -0.15) is 0 Å². The molecule has 2 atom stereocenters. The molecule has 1 aromatic heterocycles. The van der Waals surface area contributed by atoms with E-state index in [2.05, 4.69) is 49.3 Å². The lowest BCUT2D eigenvalue weighted by molar-refractivity contribution is 0.0781. The summed E-state index contributed by atoms with van der Waals surface area (Å²) in [6, 6.07) is 6.66. The Morgan fingerprint density at radius 1 is 1.30 bits per heavy atom. The molecule has 1 saturated heterocycles. The molecule has 0 N–H and O–H groups in total. The Morgan fingerprint density at radius 2 is 2.04 bits per heavy atom. The van der Waals surface area contributed by atoms with Crippen LogP contribution in [-0.4, -0.2) is 58.5 Å². The Kier molecular flexibility index (Phi) is 4.15. The number of nitrogens with zero attached hydrogens (tertiary/aromatic N) is 4. The van der Waals surface area contributed by atoms with Crippen LogP contribution < -0.4 is 0 Å². The van der Waals surface area contributed by atoms with Crippen molar-refractivity contribution in [2.24, 2.45) is 5.92 Å². The molecule has 5 nitrogen and oxygen atoms in total. The van der Waals surface area contributed by atoms with E-state index in [1.54, 1.807) is 0 Å². The Balaban J connectivity index is 1.85. The van der Waals surface area contributed by atoms with E-state index < -0.39 is 0 Å². The van der Waals surface area contributed by atoms with Gasteiger partial charge in [0.25, 0.3) is 5.91 Å². The lowest BCUT2D eigenvalue weighted by Crippen LogP contribution is -2.35. The normalized spacial score (nSPS) is 21.8. The van der Waals surface area contributed by atoms with E-state index in [4.69, 9.17) is 0 Å². The topological polar surface area (TPSA) is 41.4 Å². The lowest BCUT2D eigenvalue weighted by Gasteiger charge is -2.22. The molecule has 1 aromatic carbocycles. The van der Waals surface area contributed by atoms with Crippen LogP contribution in [0.1, 0.15) is 37.2 Å². The minimum atomic E-state index is 0.113. The lowest BCUT2D eigenvalue weighted by atomic mass is 10.1. The molecule has 0 aliphatic carbocycles. The summed E-state index contributed by atoms with van der Waals surface area (Å²) >= 11 is 0. The highest BCUT2D eigenvalue weighted by atomic mass is 16.2. The van der Waals surface area contributed by atoms with Crippen LogP contribution in [0.4, 0.5) is 0 Å². The number of hydrogen-bond acceptors (Lipinski definition) is 3. The molecule has 0 radical (unpaired) electrons. The maximum Gasteiger partial charge on any atom is 0.253 e. The van der Waals surface area contributed by atoms with Crippen molar-refractivity contribution in [1.29, 1.82) is 0 Å². The summed E-state index contributed by atoms with van der Waals surface area (Å²) in [5, 5.41) is 0. The molecule has 0 saturated carbocycles. The molecule has 1 amide bonds. The van der Waals surface area contributed by atoms with Crippen molar-refractivity contribution < 1.29 is 4.79 Å². The SMILES string of the molecule is CC(C)n1cnc2cc(C(=O)N3C[C@H](C)[C@@H](N(C)C)C3)ccc21. The number of aromatic nitrogens is 2. The molecule has 23 heavy (non-hydrogen) atoms. The summed E-state index contributed by atoms with van der Waals surface area (Å²) in [4.78, 5) is 21.5. The van der Waals surface area contributed by atoms with Gasteiger partial charge in [-0.3, -0.25) is 4.79 Å². The quantitative estimate of drug-likeness (QED) is 0.874. The smallest absolute Gasteiger partial charge is 0.253 e. The van der Waals surface area contributed by atoms with Gasteiger partial charge >= 0.3 is 0 Å². The van der Waals surface area contributed by atoms with Crippen molar-refractivity contribution in [3.63, 3.8) is 0 Å². The summed E-state index contributed by atoms with van der Waals surface area (Å²) in [5.41, 5.74) is 2.71. The van der Waals surface area contributed by atoms with Crippen molar-refractivity contribution in [1.82, 2.24) is 19.4 Å². The third kappa shape index (κ3) is 2.85. The standard InChI is InChI=1S/C18H26N4O/c1-12(2)22-11-19-15-8-14(6-7-16(15)22)18(23)21-9-13(3)17(10-21)20(4)5/h6-8,11-13,17H,9-10H2,1-5H3/t13-,17-/m0/s1. The Bertz CT molecular complexity index is 719. The monoisotopic (exact) mass is 314 g/mol. The van der Waals surface area contributed by atoms with Crippen LogP contribution in [0.15, 0.2) is 24.5 Å². The summed E-state index contributed by atoms with van der Waals surface area (Å²) < 4.78 is 2.13. The summed E-state index contributed by atoms with van der Waals surface area (Å²) in [6.45, 7) is 8.09. The van der Waals surface area contributed by atoms with Crippen molar-refractivity contribution in [3.05, 3.63) is 30.1 Å². The fourth-order valence-corrected chi connectivity index (χ4v) is 3.55. The molecule has 0 unspecified atom stereocenters. The van der Waals surface area contributed by atoms with Crippen molar-refractivity contribution in [3.8, 4) is 0 Å².